The summed E-state index contributed by atoms with van der Waals surface area (Å²) in [5.41, 5.74) is 0.714. The van der Waals surface area contributed by atoms with Gasteiger partial charge in [-0.1, -0.05) is 0 Å². The summed E-state index contributed by atoms with van der Waals surface area (Å²) in [7, 11) is 4.24. The highest BCUT2D eigenvalue weighted by Crippen LogP contribution is 2.31. The van der Waals surface area contributed by atoms with E-state index < -0.39 is 0 Å². The number of aromatic nitrogens is 1. The van der Waals surface area contributed by atoms with Crippen LogP contribution in [0, 0.1) is 11.8 Å². The molecular weight excluding hydrogens is 276 g/mol. The average molecular weight is 302 g/mol. The number of hydrogen-bond donors (Lipinski definition) is 0. The molecule has 3 heterocycles. The van der Waals surface area contributed by atoms with E-state index in [9.17, 15) is 4.79 Å². The second kappa shape index (κ2) is 6.75. The van der Waals surface area contributed by atoms with Crippen LogP contribution in [0.25, 0.3) is 0 Å². The predicted octanol–water partition coefficient (Wildman–Crippen LogP) is 1.04. The zero-order chi connectivity index (χ0) is 15.5. The fraction of sp³-hybridized carbons (Fsp3) is 0.647. The molecule has 0 unspecified atom stereocenters. The molecule has 2 aliphatic rings. The van der Waals surface area contributed by atoms with E-state index in [4.69, 9.17) is 0 Å². The lowest BCUT2D eigenvalue weighted by atomic mass is 9.89. The van der Waals surface area contributed by atoms with Crippen LogP contribution in [0.5, 0.6) is 0 Å². The Morgan fingerprint density at radius 3 is 2.86 bits per heavy atom. The summed E-state index contributed by atoms with van der Waals surface area (Å²) >= 11 is 0. The number of amides is 1. The molecule has 1 aromatic rings. The average Bonchev–Trinajstić information content (AvgIpc) is 2.96. The molecule has 3 rings (SSSR count). The van der Waals surface area contributed by atoms with Crippen molar-refractivity contribution in [2.75, 3.05) is 53.4 Å². The van der Waals surface area contributed by atoms with Crippen LogP contribution in [0.3, 0.4) is 0 Å². The highest BCUT2D eigenvalue weighted by atomic mass is 16.2. The summed E-state index contributed by atoms with van der Waals surface area (Å²) < 4.78 is 0. The molecule has 0 saturated carbocycles. The van der Waals surface area contributed by atoms with Crippen LogP contribution in [-0.2, 0) is 0 Å². The van der Waals surface area contributed by atoms with Gasteiger partial charge in [0.25, 0.3) is 5.91 Å². The molecule has 0 radical (unpaired) electrons. The smallest absolute Gasteiger partial charge is 0.255 e. The monoisotopic (exact) mass is 302 g/mol. The van der Waals surface area contributed by atoms with Gasteiger partial charge in [-0.05, 0) is 51.0 Å². The van der Waals surface area contributed by atoms with Crippen LogP contribution >= 0.6 is 0 Å². The maximum Gasteiger partial charge on any atom is 0.255 e. The highest BCUT2D eigenvalue weighted by Gasteiger charge is 2.38. The Hall–Kier alpha value is -1.46. The Bertz CT molecular complexity index is 505. The first-order valence-corrected chi connectivity index (χ1v) is 8.20. The molecule has 5 heteroatoms. The van der Waals surface area contributed by atoms with Gasteiger partial charge in [0, 0.05) is 45.1 Å². The van der Waals surface area contributed by atoms with E-state index in [0.717, 1.165) is 32.7 Å². The number of likely N-dealkylation sites (tertiary alicyclic amines) is 2. The molecule has 2 fully saturated rings. The lowest BCUT2D eigenvalue weighted by molar-refractivity contribution is 0.0783. The summed E-state index contributed by atoms with van der Waals surface area (Å²) in [6, 6.07) is 3.69. The molecule has 1 aromatic heterocycles. The molecule has 2 atom stereocenters. The van der Waals surface area contributed by atoms with Gasteiger partial charge in [-0.2, -0.15) is 0 Å². The number of carbonyl (C=O) groups is 1. The van der Waals surface area contributed by atoms with Crippen molar-refractivity contribution >= 4 is 5.91 Å². The van der Waals surface area contributed by atoms with Crippen molar-refractivity contribution in [1.29, 1.82) is 0 Å². The first-order chi connectivity index (χ1) is 10.6. The van der Waals surface area contributed by atoms with E-state index in [-0.39, 0.29) is 5.91 Å². The topological polar surface area (TPSA) is 39.7 Å². The van der Waals surface area contributed by atoms with Crippen LogP contribution in [0.4, 0.5) is 0 Å². The number of pyridine rings is 1. The van der Waals surface area contributed by atoms with Crippen LogP contribution < -0.4 is 0 Å². The van der Waals surface area contributed by atoms with Gasteiger partial charge in [-0.25, -0.2) is 0 Å². The number of likely N-dealkylation sites (N-methyl/N-ethyl adjacent to an activating group) is 1. The maximum absolute atomic E-state index is 12.6. The van der Waals surface area contributed by atoms with Crippen LogP contribution in [0.2, 0.25) is 0 Å². The molecule has 0 bridgehead atoms. The molecule has 1 amide bonds. The lowest BCUT2D eigenvalue weighted by Crippen LogP contribution is -2.42. The zero-order valence-corrected chi connectivity index (χ0v) is 13.6. The van der Waals surface area contributed by atoms with E-state index in [2.05, 4.69) is 28.9 Å². The second-order valence-corrected chi connectivity index (χ2v) is 6.86. The Balaban J connectivity index is 1.57. The van der Waals surface area contributed by atoms with Crippen LogP contribution in [0.1, 0.15) is 16.8 Å². The molecule has 0 aromatic carbocycles. The number of piperidine rings is 1. The van der Waals surface area contributed by atoms with E-state index in [0.29, 0.717) is 17.4 Å². The van der Waals surface area contributed by atoms with Crippen molar-refractivity contribution in [3.05, 3.63) is 30.1 Å². The SMILES string of the molecule is CN(C)CCN1CC[C@@H]2CN(C(=O)c3cccnc3)C[C@@H]2C1. The number of fused-ring (bicyclic) bond motifs is 1. The van der Waals surface area contributed by atoms with E-state index >= 15 is 0 Å². The number of carbonyl (C=O) groups excluding carboxylic acids is 1. The van der Waals surface area contributed by atoms with Gasteiger partial charge in [-0.3, -0.25) is 9.78 Å². The molecule has 0 N–H and O–H groups in total. The quantitative estimate of drug-likeness (QED) is 0.833. The zero-order valence-electron chi connectivity index (χ0n) is 13.6. The van der Waals surface area contributed by atoms with Crippen molar-refractivity contribution in [2.24, 2.45) is 11.8 Å². The highest BCUT2D eigenvalue weighted by molar-refractivity contribution is 5.94. The Morgan fingerprint density at radius 2 is 2.14 bits per heavy atom. The molecule has 0 aliphatic carbocycles. The fourth-order valence-electron chi connectivity index (χ4n) is 3.63. The summed E-state index contributed by atoms with van der Waals surface area (Å²) in [5.74, 6) is 1.45. The van der Waals surface area contributed by atoms with Crippen LogP contribution in [-0.4, -0.2) is 79.0 Å². The summed E-state index contributed by atoms with van der Waals surface area (Å²) in [5, 5.41) is 0. The number of rotatable bonds is 4. The first kappa shape index (κ1) is 15.4. The summed E-state index contributed by atoms with van der Waals surface area (Å²) in [6.07, 6.45) is 4.60. The van der Waals surface area contributed by atoms with Crippen molar-refractivity contribution in [1.82, 2.24) is 19.7 Å². The Morgan fingerprint density at radius 1 is 1.32 bits per heavy atom. The molecule has 0 spiro atoms. The van der Waals surface area contributed by atoms with Crippen molar-refractivity contribution in [2.45, 2.75) is 6.42 Å². The summed E-state index contributed by atoms with van der Waals surface area (Å²) in [6.45, 7) is 6.36. The molecule has 2 saturated heterocycles. The van der Waals surface area contributed by atoms with Gasteiger partial charge >= 0.3 is 0 Å². The van der Waals surface area contributed by atoms with Gasteiger partial charge in [0.15, 0.2) is 0 Å². The third kappa shape index (κ3) is 3.47. The Labute approximate surface area is 132 Å². The van der Waals surface area contributed by atoms with E-state index in [1.807, 2.05) is 17.0 Å². The lowest BCUT2D eigenvalue weighted by Gasteiger charge is -2.34. The van der Waals surface area contributed by atoms with Gasteiger partial charge < -0.3 is 14.7 Å². The third-order valence-electron chi connectivity index (χ3n) is 4.94. The van der Waals surface area contributed by atoms with Gasteiger partial charge in [0.1, 0.15) is 0 Å². The number of hydrogen-bond acceptors (Lipinski definition) is 4. The van der Waals surface area contributed by atoms with Crippen molar-refractivity contribution in [3.63, 3.8) is 0 Å². The Kier molecular flexibility index (Phi) is 4.74. The predicted molar refractivity (Wildman–Crippen MR) is 86.7 cm³/mol. The van der Waals surface area contributed by atoms with E-state index in [1.54, 1.807) is 12.4 Å². The minimum Gasteiger partial charge on any atom is -0.338 e. The minimum absolute atomic E-state index is 0.141. The fourth-order valence-corrected chi connectivity index (χ4v) is 3.63. The van der Waals surface area contributed by atoms with Gasteiger partial charge in [-0.15, -0.1) is 0 Å². The van der Waals surface area contributed by atoms with Gasteiger partial charge in [0.05, 0.1) is 5.56 Å². The van der Waals surface area contributed by atoms with E-state index in [1.165, 1.54) is 13.0 Å². The minimum atomic E-state index is 0.141. The third-order valence-corrected chi connectivity index (χ3v) is 4.94. The molecule has 120 valence electrons. The normalized spacial score (nSPS) is 25.5. The van der Waals surface area contributed by atoms with Crippen molar-refractivity contribution in [3.8, 4) is 0 Å². The molecule has 22 heavy (non-hydrogen) atoms. The summed E-state index contributed by atoms with van der Waals surface area (Å²) in [4.78, 5) is 23.4. The number of nitrogens with zero attached hydrogens (tertiary/aromatic N) is 4. The maximum atomic E-state index is 12.6. The first-order valence-electron chi connectivity index (χ1n) is 8.20. The second-order valence-electron chi connectivity index (χ2n) is 6.86. The van der Waals surface area contributed by atoms with Gasteiger partial charge in [0.2, 0.25) is 0 Å². The molecule has 5 nitrogen and oxygen atoms in total. The standard InChI is InChI=1S/C17H26N4O/c1-19(2)8-9-20-7-5-15-12-21(13-16(15)11-20)17(22)14-4-3-6-18-10-14/h3-4,6,10,15-16H,5,7-9,11-13H2,1-2H3/t15-,16+/m1/s1. The molecular formula is C17H26N4O. The van der Waals surface area contributed by atoms with Crippen molar-refractivity contribution < 1.29 is 4.79 Å². The largest absolute Gasteiger partial charge is 0.338 e. The van der Waals surface area contributed by atoms with Crippen LogP contribution in [0.15, 0.2) is 24.5 Å². The molecule has 2 aliphatic heterocycles.